The Morgan fingerprint density at radius 2 is 1.48 bits per heavy atom. The molecule has 2 heterocycles. The second-order valence-corrected chi connectivity index (χ2v) is 5.51. The molecule has 0 saturated carbocycles. The first-order chi connectivity index (χ1) is 10.2. The van der Waals surface area contributed by atoms with Gasteiger partial charge < -0.3 is 19.3 Å². The lowest BCUT2D eigenvalue weighted by atomic mass is 10.3. The molecule has 0 N–H and O–H groups in total. The number of piperazine rings is 1. The van der Waals surface area contributed by atoms with Crippen molar-refractivity contribution in [2.45, 2.75) is 12.8 Å². The molecule has 0 spiro atoms. The topological polar surface area (TPSA) is 62.3 Å². The van der Waals surface area contributed by atoms with Crippen molar-refractivity contribution in [3.05, 3.63) is 0 Å². The third kappa shape index (κ3) is 5.17. The quantitative estimate of drug-likeness (QED) is 0.667. The molecule has 0 aromatic rings. The van der Waals surface area contributed by atoms with Gasteiger partial charge in [0, 0.05) is 39.3 Å². The minimum absolute atomic E-state index is 0.153. The van der Waals surface area contributed by atoms with Crippen molar-refractivity contribution in [3.8, 4) is 0 Å². The summed E-state index contributed by atoms with van der Waals surface area (Å²) in [7, 11) is 1.23. The first kappa shape index (κ1) is 16.0. The van der Waals surface area contributed by atoms with E-state index in [1.54, 1.807) is 4.90 Å². The molecule has 7 nitrogen and oxygen atoms in total. The lowest BCUT2D eigenvalue weighted by Gasteiger charge is -2.35. The molecule has 1 amide bonds. The molecule has 0 aromatic carbocycles. The predicted octanol–water partition coefficient (Wildman–Crippen LogP) is 0.00940. The second-order valence-electron chi connectivity index (χ2n) is 5.51. The van der Waals surface area contributed by atoms with E-state index in [0.29, 0.717) is 13.1 Å². The molecule has 0 bridgehead atoms. The van der Waals surface area contributed by atoms with Crippen molar-refractivity contribution in [1.29, 1.82) is 0 Å². The Bertz CT molecular complexity index is 350. The number of likely N-dealkylation sites (tertiary alicyclic amines) is 1. The van der Waals surface area contributed by atoms with Gasteiger partial charge >= 0.3 is 6.16 Å². The van der Waals surface area contributed by atoms with Gasteiger partial charge in [0.15, 0.2) is 6.61 Å². The van der Waals surface area contributed by atoms with Gasteiger partial charge in [-0.25, -0.2) is 4.79 Å². The van der Waals surface area contributed by atoms with E-state index in [4.69, 9.17) is 0 Å². The van der Waals surface area contributed by atoms with Gasteiger partial charge in [0.05, 0.1) is 7.11 Å². The molecule has 2 aliphatic rings. The van der Waals surface area contributed by atoms with Gasteiger partial charge in [-0.15, -0.1) is 0 Å². The molecule has 0 aromatic heterocycles. The summed E-state index contributed by atoms with van der Waals surface area (Å²) in [6.07, 6.45) is 1.83. The van der Waals surface area contributed by atoms with Gasteiger partial charge in [0.2, 0.25) is 0 Å². The van der Waals surface area contributed by atoms with E-state index in [-0.39, 0.29) is 12.5 Å². The molecule has 2 fully saturated rings. The number of carbonyl (C=O) groups excluding carboxylic acids is 2. The summed E-state index contributed by atoms with van der Waals surface area (Å²) in [6, 6.07) is 0. The lowest BCUT2D eigenvalue weighted by molar-refractivity contribution is -0.136. The fraction of sp³-hybridized carbons (Fsp3) is 0.857. The Balaban J connectivity index is 1.60. The Hall–Kier alpha value is -1.34. The molecule has 0 radical (unpaired) electrons. The summed E-state index contributed by atoms with van der Waals surface area (Å²) in [5.41, 5.74) is 0. The molecule has 2 rings (SSSR count). The highest BCUT2D eigenvalue weighted by molar-refractivity contribution is 5.79. The van der Waals surface area contributed by atoms with E-state index >= 15 is 0 Å². The highest BCUT2D eigenvalue weighted by Crippen LogP contribution is 2.08. The van der Waals surface area contributed by atoms with Crippen LogP contribution >= 0.6 is 0 Å². The van der Waals surface area contributed by atoms with Crippen LogP contribution in [0.4, 0.5) is 4.79 Å². The van der Waals surface area contributed by atoms with Crippen molar-refractivity contribution >= 4 is 12.1 Å². The maximum Gasteiger partial charge on any atom is 0.508 e. The van der Waals surface area contributed by atoms with E-state index in [1.807, 2.05) is 0 Å². The Kier molecular flexibility index (Phi) is 6.25. The number of amides is 1. The summed E-state index contributed by atoms with van der Waals surface area (Å²) < 4.78 is 9.02. The smallest absolute Gasteiger partial charge is 0.438 e. The fourth-order valence-electron chi connectivity index (χ4n) is 2.78. The Labute approximate surface area is 125 Å². The molecular formula is C14H25N3O4. The second kappa shape index (κ2) is 8.19. The normalized spacial score (nSPS) is 20.5. The van der Waals surface area contributed by atoms with Crippen LogP contribution in [0, 0.1) is 0 Å². The van der Waals surface area contributed by atoms with E-state index < -0.39 is 6.16 Å². The highest BCUT2D eigenvalue weighted by Gasteiger charge is 2.22. The molecule has 120 valence electrons. The van der Waals surface area contributed by atoms with Crippen LogP contribution in [0.2, 0.25) is 0 Å². The average Bonchev–Trinajstić information content (AvgIpc) is 3.04. The van der Waals surface area contributed by atoms with Gasteiger partial charge in [-0.2, -0.15) is 0 Å². The van der Waals surface area contributed by atoms with E-state index in [9.17, 15) is 9.59 Å². The SMILES string of the molecule is COC(=O)OCC(=O)N1CCN(CCN2CCCC2)CC1. The third-order valence-corrected chi connectivity index (χ3v) is 4.14. The molecule has 0 atom stereocenters. The van der Waals surface area contributed by atoms with E-state index in [2.05, 4.69) is 19.3 Å². The van der Waals surface area contributed by atoms with Crippen LogP contribution in [0.1, 0.15) is 12.8 Å². The number of hydrogen-bond acceptors (Lipinski definition) is 6. The fourth-order valence-corrected chi connectivity index (χ4v) is 2.78. The summed E-state index contributed by atoms with van der Waals surface area (Å²) in [6.45, 7) is 7.58. The van der Waals surface area contributed by atoms with Crippen molar-refractivity contribution in [3.63, 3.8) is 0 Å². The van der Waals surface area contributed by atoms with Crippen LogP contribution in [0.5, 0.6) is 0 Å². The van der Waals surface area contributed by atoms with Crippen molar-refractivity contribution < 1.29 is 19.1 Å². The summed E-state index contributed by atoms with van der Waals surface area (Å²) in [5, 5.41) is 0. The van der Waals surface area contributed by atoms with Gasteiger partial charge in [-0.3, -0.25) is 9.69 Å². The molecule has 2 aliphatic heterocycles. The van der Waals surface area contributed by atoms with Crippen molar-refractivity contribution in [2.24, 2.45) is 0 Å². The lowest BCUT2D eigenvalue weighted by Crippen LogP contribution is -2.51. The average molecular weight is 299 g/mol. The molecule has 21 heavy (non-hydrogen) atoms. The minimum Gasteiger partial charge on any atom is -0.438 e. The highest BCUT2D eigenvalue weighted by atomic mass is 16.7. The first-order valence-corrected chi connectivity index (χ1v) is 7.62. The standard InChI is InChI=1S/C14H25N3O4/c1-20-14(19)21-12-13(18)17-10-8-16(9-11-17)7-6-15-4-2-3-5-15/h2-12H2,1H3. The molecular weight excluding hydrogens is 274 g/mol. The summed E-state index contributed by atoms with van der Waals surface area (Å²) in [4.78, 5) is 29.3. The maximum absolute atomic E-state index is 11.9. The number of hydrogen-bond donors (Lipinski definition) is 0. The Morgan fingerprint density at radius 3 is 2.05 bits per heavy atom. The van der Waals surface area contributed by atoms with Gasteiger partial charge in [0.25, 0.3) is 5.91 Å². The van der Waals surface area contributed by atoms with Crippen LogP contribution < -0.4 is 0 Å². The summed E-state index contributed by atoms with van der Waals surface area (Å²) in [5.74, 6) is -0.153. The van der Waals surface area contributed by atoms with Crippen LogP contribution in [0.15, 0.2) is 0 Å². The maximum atomic E-state index is 11.9. The zero-order valence-corrected chi connectivity index (χ0v) is 12.8. The van der Waals surface area contributed by atoms with Crippen molar-refractivity contribution in [2.75, 3.05) is 66.1 Å². The molecule has 0 aliphatic carbocycles. The van der Waals surface area contributed by atoms with Crippen LogP contribution in [-0.2, 0) is 14.3 Å². The minimum atomic E-state index is -0.812. The predicted molar refractivity (Wildman–Crippen MR) is 77.1 cm³/mol. The first-order valence-electron chi connectivity index (χ1n) is 7.62. The van der Waals surface area contributed by atoms with E-state index in [0.717, 1.165) is 26.2 Å². The zero-order valence-electron chi connectivity index (χ0n) is 12.8. The Morgan fingerprint density at radius 1 is 0.905 bits per heavy atom. The van der Waals surface area contributed by atoms with Crippen LogP contribution in [0.25, 0.3) is 0 Å². The third-order valence-electron chi connectivity index (χ3n) is 4.14. The molecule has 7 heteroatoms. The van der Waals surface area contributed by atoms with Gasteiger partial charge in [0.1, 0.15) is 0 Å². The molecule has 2 saturated heterocycles. The monoisotopic (exact) mass is 299 g/mol. The number of nitrogens with zero attached hydrogens (tertiary/aromatic N) is 3. The van der Waals surface area contributed by atoms with Crippen LogP contribution in [0.3, 0.4) is 0 Å². The number of rotatable bonds is 5. The van der Waals surface area contributed by atoms with Gasteiger partial charge in [-0.05, 0) is 25.9 Å². The largest absolute Gasteiger partial charge is 0.508 e. The number of ether oxygens (including phenoxy) is 2. The van der Waals surface area contributed by atoms with Crippen LogP contribution in [-0.4, -0.2) is 92.8 Å². The van der Waals surface area contributed by atoms with Crippen molar-refractivity contribution in [1.82, 2.24) is 14.7 Å². The zero-order chi connectivity index (χ0) is 15.1. The number of carbonyl (C=O) groups is 2. The van der Waals surface area contributed by atoms with E-state index in [1.165, 1.54) is 33.0 Å². The van der Waals surface area contributed by atoms with Gasteiger partial charge in [-0.1, -0.05) is 0 Å². The summed E-state index contributed by atoms with van der Waals surface area (Å²) >= 11 is 0. The number of methoxy groups -OCH3 is 1. The molecule has 0 unspecified atom stereocenters.